The minimum absolute atomic E-state index is 0.0211. The zero-order valence-electron chi connectivity index (χ0n) is 14.5. The van der Waals surface area contributed by atoms with Crippen LogP contribution in [0.15, 0.2) is 36.0 Å². The Hall–Kier alpha value is -2.17. The molecule has 1 saturated carbocycles. The Morgan fingerprint density at radius 1 is 1.08 bits per heavy atom. The fourth-order valence-electron chi connectivity index (χ4n) is 3.45. The lowest BCUT2D eigenvalue weighted by atomic mass is 9.96. The molecule has 0 spiro atoms. The first-order valence-electron chi connectivity index (χ1n) is 8.89. The van der Waals surface area contributed by atoms with Gasteiger partial charge in [-0.15, -0.1) is 0 Å². The number of urea groups is 1. The van der Waals surface area contributed by atoms with Crippen LogP contribution in [0.2, 0.25) is 0 Å². The van der Waals surface area contributed by atoms with Crippen molar-refractivity contribution in [3.8, 4) is 5.75 Å². The summed E-state index contributed by atoms with van der Waals surface area (Å²) >= 11 is 0. The third-order valence-corrected chi connectivity index (χ3v) is 4.89. The Balaban J connectivity index is 1.52. The zero-order chi connectivity index (χ0) is 16.8. The first-order chi connectivity index (χ1) is 11.8. The van der Waals surface area contributed by atoms with Crippen molar-refractivity contribution in [1.82, 2.24) is 10.2 Å². The van der Waals surface area contributed by atoms with Crippen molar-refractivity contribution in [2.45, 2.75) is 32.1 Å². The van der Waals surface area contributed by atoms with Crippen molar-refractivity contribution in [3.05, 3.63) is 36.0 Å². The number of methoxy groups -OCH3 is 1. The fourth-order valence-corrected chi connectivity index (χ4v) is 3.45. The van der Waals surface area contributed by atoms with Crippen molar-refractivity contribution >= 4 is 11.7 Å². The van der Waals surface area contributed by atoms with E-state index in [1.54, 1.807) is 7.11 Å². The van der Waals surface area contributed by atoms with E-state index in [0.29, 0.717) is 0 Å². The van der Waals surface area contributed by atoms with Gasteiger partial charge >= 0.3 is 6.03 Å². The Bertz CT molecular complexity index is 584. The number of piperazine rings is 1. The van der Waals surface area contributed by atoms with Gasteiger partial charge < -0.3 is 19.9 Å². The van der Waals surface area contributed by atoms with E-state index in [-0.39, 0.29) is 6.03 Å². The second-order valence-electron chi connectivity index (χ2n) is 6.46. The molecular weight excluding hydrogens is 302 g/mol. The zero-order valence-corrected chi connectivity index (χ0v) is 14.5. The van der Waals surface area contributed by atoms with Crippen LogP contribution in [-0.4, -0.2) is 44.2 Å². The molecule has 24 heavy (non-hydrogen) atoms. The van der Waals surface area contributed by atoms with Crippen LogP contribution in [-0.2, 0) is 0 Å². The maximum atomic E-state index is 12.3. The van der Waals surface area contributed by atoms with Crippen molar-refractivity contribution in [1.29, 1.82) is 0 Å². The predicted molar refractivity (Wildman–Crippen MR) is 96.5 cm³/mol. The first kappa shape index (κ1) is 16.7. The number of allylic oxidation sites excluding steroid dienone is 1. The highest BCUT2D eigenvalue weighted by Crippen LogP contribution is 2.28. The molecule has 2 aliphatic rings. The normalized spacial score (nSPS) is 18.3. The molecule has 0 radical (unpaired) electrons. The highest BCUT2D eigenvalue weighted by molar-refractivity contribution is 5.75. The molecule has 1 N–H and O–H groups in total. The molecule has 1 aromatic rings. The average molecular weight is 329 g/mol. The van der Waals surface area contributed by atoms with Gasteiger partial charge in [0.15, 0.2) is 0 Å². The highest BCUT2D eigenvalue weighted by atomic mass is 16.5. The van der Waals surface area contributed by atoms with Crippen LogP contribution >= 0.6 is 0 Å². The van der Waals surface area contributed by atoms with Gasteiger partial charge in [-0.1, -0.05) is 24.1 Å². The minimum Gasteiger partial charge on any atom is -0.495 e. The number of anilines is 1. The van der Waals surface area contributed by atoms with E-state index >= 15 is 0 Å². The topological polar surface area (TPSA) is 44.8 Å². The molecule has 2 fully saturated rings. The van der Waals surface area contributed by atoms with Gasteiger partial charge in [-0.05, 0) is 37.8 Å². The van der Waals surface area contributed by atoms with Crippen LogP contribution < -0.4 is 15.0 Å². The van der Waals surface area contributed by atoms with Gasteiger partial charge in [0.2, 0.25) is 0 Å². The van der Waals surface area contributed by atoms with E-state index in [4.69, 9.17) is 4.74 Å². The number of rotatable bonds is 3. The van der Waals surface area contributed by atoms with Crippen molar-refractivity contribution in [3.63, 3.8) is 0 Å². The van der Waals surface area contributed by atoms with E-state index < -0.39 is 0 Å². The molecule has 0 aromatic heterocycles. The molecule has 0 unspecified atom stereocenters. The van der Waals surface area contributed by atoms with E-state index in [2.05, 4.69) is 16.3 Å². The summed E-state index contributed by atoms with van der Waals surface area (Å²) in [5.41, 5.74) is 2.48. The highest BCUT2D eigenvalue weighted by Gasteiger charge is 2.22. The summed E-state index contributed by atoms with van der Waals surface area (Å²) in [4.78, 5) is 16.5. The second kappa shape index (κ2) is 8.08. The number of nitrogens with one attached hydrogen (secondary N) is 1. The molecule has 2 amide bonds. The van der Waals surface area contributed by atoms with Gasteiger partial charge in [0.1, 0.15) is 5.75 Å². The summed E-state index contributed by atoms with van der Waals surface area (Å²) in [6.07, 6.45) is 8.01. The van der Waals surface area contributed by atoms with Gasteiger partial charge in [-0.3, -0.25) is 0 Å². The third-order valence-electron chi connectivity index (χ3n) is 4.89. The maximum Gasteiger partial charge on any atom is 0.321 e. The van der Waals surface area contributed by atoms with Gasteiger partial charge in [0, 0.05) is 32.4 Å². The van der Waals surface area contributed by atoms with E-state index in [1.807, 2.05) is 29.3 Å². The molecule has 1 heterocycles. The predicted octanol–water partition coefficient (Wildman–Crippen LogP) is 3.37. The van der Waals surface area contributed by atoms with Crippen LogP contribution in [0.4, 0.5) is 10.5 Å². The summed E-state index contributed by atoms with van der Waals surface area (Å²) in [5.74, 6) is 0.887. The summed E-state index contributed by atoms with van der Waals surface area (Å²) in [5, 5.41) is 2.98. The molecule has 0 atom stereocenters. The van der Waals surface area contributed by atoms with Crippen LogP contribution in [0.1, 0.15) is 32.1 Å². The maximum absolute atomic E-state index is 12.3. The van der Waals surface area contributed by atoms with Gasteiger partial charge in [0.05, 0.1) is 12.8 Å². The molecule has 1 aliphatic heterocycles. The SMILES string of the molecule is COc1ccccc1N1CCN(C(=O)NC=C2CCCCC2)CC1. The second-order valence-corrected chi connectivity index (χ2v) is 6.46. The number of nitrogens with zero attached hydrogens (tertiary/aromatic N) is 2. The first-order valence-corrected chi connectivity index (χ1v) is 8.89. The minimum atomic E-state index is 0.0211. The largest absolute Gasteiger partial charge is 0.495 e. The monoisotopic (exact) mass is 329 g/mol. The Kier molecular flexibility index (Phi) is 5.62. The Morgan fingerprint density at radius 3 is 2.50 bits per heavy atom. The molecule has 1 aliphatic carbocycles. The number of hydrogen-bond acceptors (Lipinski definition) is 3. The van der Waals surface area contributed by atoms with Crippen molar-refractivity contribution < 1.29 is 9.53 Å². The van der Waals surface area contributed by atoms with Gasteiger partial charge in [-0.25, -0.2) is 4.79 Å². The lowest BCUT2D eigenvalue weighted by Crippen LogP contribution is -2.51. The van der Waals surface area contributed by atoms with Gasteiger partial charge in [0.25, 0.3) is 0 Å². The van der Waals surface area contributed by atoms with Gasteiger partial charge in [-0.2, -0.15) is 0 Å². The lowest BCUT2D eigenvalue weighted by molar-refractivity contribution is 0.198. The molecule has 5 nitrogen and oxygen atoms in total. The number of hydrogen-bond donors (Lipinski definition) is 1. The molecule has 130 valence electrons. The summed E-state index contributed by atoms with van der Waals surface area (Å²) in [7, 11) is 1.70. The number of ether oxygens (including phenoxy) is 1. The van der Waals surface area contributed by atoms with Crippen LogP contribution in [0.25, 0.3) is 0 Å². The van der Waals surface area contributed by atoms with Crippen LogP contribution in [0.5, 0.6) is 5.75 Å². The molecule has 3 rings (SSSR count). The number of para-hydroxylation sites is 2. The van der Waals surface area contributed by atoms with E-state index in [1.165, 1.54) is 24.8 Å². The lowest BCUT2D eigenvalue weighted by Gasteiger charge is -2.36. The molecule has 0 bridgehead atoms. The number of carbonyl (C=O) groups excluding carboxylic acids is 1. The number of benzene rings is 1. The fraction of sp³-hybridized carbons (Fsp3) is 0.526. The van der Waals surface area contributed by atoms with Crippen molar-refractivity contribution in [2.75, 3.05) is 38.2 Å². The summed E-state index contributed by atoms with van der Waals surface area (Å²) in [6, 6.07) is 8.07. The number of amides is 2. The van der Waals surface area contributed by atoms with E-state index in [9.17, 15) is 4.79 Å². The Labute approximate surface area is 144 Å². The molecule has 1 saturated heterocycles. The summed E-state index contributed by atoms with van der Waals surface area (Å²) < 4.78 is 5.44. The quantitative estimate of drug-likeness (QED) is 0.925. The van der Waals surface area contributed by atoms with Crippen molar-refractivity contribution in [2.24, 2.45) is 0 Å². The van der Waals surface area contributed by atoms with Crippen LogP contribution in [0, 0.1) is 0 Å². The number of carbonyl (C=O) groups is 1. The average Bonchev–Trinajstić information content (AvgIpc) is 2.67. The van der Waals surface area contributed by atoms with Crippen LogP contribution in [0.3, 0.4) is 0 Å². The molecule has 5 heteroatoms. The Morgan fingerprint density at radius 2 is 1.79 bits per heavy atom. The molecular formula is C19H27N3O2. The smallest absolute Gasteiger partial charge is 0.321 e. The summed E-state index contributed by atoms with van der Waals surface area (Å²) in [6.45, 7) is 3.11. The molecule has 1 aromatic carbocycles. The third kappa shape index (κ3) is 4.02. The van der Waals surface area contributed by atoms with E-state index in [0.717, 1.165) is 50.5 Å². The standard InChI is InChI=1S/C19H27N3O2/c1-24-18-10-6-5-9-17(18)21-11-13-22(14-12-21)19(23)20-15-16-7-3-2-4-8-16/h5-6,9-10,15H,2-4,7-8,11-14H2,1H3,(H,20,23).